The summed E-state index contributed by atoms with van der Waals surface area (Å²) in [6.45, 7) is 11.9. The summed E-state index contributed by atoms with van der Waals surface area (Å²) in [6, 6.07) is 9.76. The molecule has 21 heavy (non-hydrogen) atoms. The molecule has 0 N–H and O–H groups in total. The van der Waals surface area contributed by atoms with Gasteiger partial charge in [0.25, 0.3) is 0 Å². The molecule has 0 radical (unpaired) electrons. The maximum atomic E-state index is 6.17. The fraction of sp³-hybridized carbons (Fsp3) is 0.556. The summed E-state index contributed by atoms with van der Waals surface area (Å²) in [7, 11) is -1.23. The Bertz CT molecular complexity index is 406. The molecule has 3 heteroatoms. The van der Waals surface area contributed by atoms with Gasteiger partial charge in [0.05, 0.1) is 5.73 Å². The van der Waals surface area contributed by atoms with Gasteiger partial charge >= 0.3 is 0 Å². The monoisotopic (exact) mass is 306 g/mol. The molecule has 0 spiro atoms. The lowest BCUT2D eigenvalue weighted by molar-refractivity contribution is 0.108. The molecule has 0 aromatic heterocycles. The van der Waals surface area contributed by atoms with Crippen LogP contribution in [-0.2, 0) is 15.6 Å². The van der Waals surface area contributed by atoms with Gasteiger partial charge in [0, 0.05) is 13.2 Å². The van der Waals surface area contributed by atoms with Crippen LogP contribution in [0.15, 0.2) is 30.8 Å². The lowest BCUT2D eigenvalue weighted by atomic mass is 10.1. The minimum Gasteiger partial charge on any atom is -0.417 e. The molecule has 118 valence electrons. The van der Waals surface area contributed by atoms with Gasteiger partial charge in [-0.25, -0.2) is 0 Å². The van der Waals surface area contributed by atoms with Crippen molar-refractivity contribution in [3.05, 3.63) is 42.0 Å². The molecule has 1 aromatic carbocycles. The SMILES string of the molecule is C=Cc1cccc(CCCO[SiH](CCC)C(C)OCC)c1. The fourth-order valence-corrected chi connectivity index (χ4v) is 4.85. The van der Waals surface area contributed by atoms with Gasteiger partial charge in [-0.3, -0.25) is 0 Å². The Balaban J connectivity index is 2.34. The molecule has 0 aliphatic heterocycles. The van der Waals surface area contributed by atoms with Crippen molar-refractivity contribution in [3.63, 3.8) is 0 Å². The molecule has 2 unspecified atom stereocenters. The molecule has 2 nitrogen and oxygen atoms in total. The molecule has 1 rings (SSSR count). The highest BCUT2D eigenvalue weighted by molar-refractivity contribution is 6.53. The van der Waals surface area contributed by atoms with Crippen LogP contribution < -0.4 is 0 Å². The highest BCUT2D eigenvalue weighted by Crippen LogP contribution is 2.11. The van der Waals surface area contributed by atoms with E-state index >= 15 is 0 Å². The summed E-state index contributed by atoms with van der Waals surface area (Å²) in [4.78, 5) is 0. The van der Waals surface area contributed by atoms with E-state index in [1.165, 1.54) is 23.6 Å². The molecule has 0 aliphatic rings. The Morgan fingerprint density at radius 1 is 1.33 bits per heavy atom. The van der Waals surface area contributed by atoms with E-state index in [4.69, 9.17) is 9.16 Å². The minimum absolute atomic E-state index is 0.319. The number of hydrogen-bond acceptors (Lipinski definition) is 2. The normalized spacial score (nSPS) is 13.9. The third-order valence-electron chi connectivity index (χ3n) is 3.65. The summed E-state index contributed by atoms with van der Waals surface area (Å²) in [5.41, 5.74) is 2.87. The predicted molar refractivity (Wildman–Crippen MR) is 94.1 cm³/mol. The molecular weight excluding hydrogens is 276 g/mol. The lowest BCUT2D eigenvalue weighted by Gasteiger charge is -2.22. The van der Waals surface area contributed by atoms with Crippen LogP contribution in [0.2, 0.25) is 6.04 Å². The maximum absolute atomic E-state index is 6.17. The zero-order chi connectivity index (χ0) is 15.5. The van der Waals surface area contributed by atoms with Crippen LogP contribution in [0.3, 0.4) is 0 Å². The van der Waals surface area contributed by atoms with E-state index in [2.05, 4.69) is 51.6 Å². The minimum atomic E-state index is -1.23. The first kappa shape index (κ1) is 18.1. The summed E-state index contributed by atoms with van der Waals surface area (Å²) in [5.74, 6) is 0. The highest BCUT2D eigenvalue weighted by atomic mass is 28.3. The van der Waals surface area contributed by atoms with Gasteiger partial charge in [-0.2, -0.15) is 0 Å². The Morgan fingerprint density at radius 2 is 2.14 bits per heavy atom. The summed E-state index contributed by atoms with van der Waals surface area (Å²) in [6.07, 6.45) is 5.23. The van der Waals surface area contributed by atoms with Crippen molar-refractivity contribution in [2.45, 2.75) is 51.8 Å². The molecular formula is C18H30O2Si. The molecule has 0 saturated heterocycles. The van der Waals surface area contributed by atoms with Gasteiger partial charge < -0.3 is 9.16 Å². The van der Waals surface area contributed by atoms with E-state index < -0.39 is 9.04 Å². The van der Waals surface area contributed by atoms with Crippen LogP contribution in [0.25, 0.3) is 6.08 Å². The Morgan fingerprint density at radius 3 is 2.81 bits per heavy atom. The van der Waals surface area contributed by atoms with Gasteiger partial charge in [0.2, 0.25) is 9.04 Å². The third kappa shape index (κ3) is 7.07. The fourth-order valence-electron chi connectivity index (χ4n) is 2.49. The molecule has 0 fully saturated rings. The maximum Gasteiger partial charge on any atom is 0.204 e. The second-order valence-corrected chi connectivity index (χ2v) is 8.34. The van der Waals surface area contributed by atoms with Crippen LogP contribution in [0, 0.1) is 0 Å². The average Bonchev–Trinajstić information content (AvgIpc) is 2.50. The summed E-state index contributed by atoms with van der Waals surface area (Å²) in [5, 5.41) is 0. The first-order valence-corrected chi connectivity index (χ1v) is 10.1. The average molecular weight is 307 g/mol. The Labute approximate surface area is 131 Å². The van der Waals surface area contributed by atoms with Crippen molar-refractivity contribution in [2.75, 3.05) is 13.2 Å². The summed E-state index contributed by atoms with van der Waals surface area (Å²) >= 11 is 0. The zero-order valence-electron chi connectivity index (χ0n) is 13.8. The zero-order valence-corrected chi connectivity index (χ0v) is 15.0. The first-order chi connectivity index (χ1) is 10.2. The van der Waals surface area contributed by atoms with Crippen molar-refractivity contribution in [1.82, 2.24) is 0 Å². The number of ether oxygens (including phenoxy) is 1. The van der Waals surface area contributed by atoms with E-state index in [9.17, 15) is 0 Å². The molecule has 2 atom stereocenters. The largest absolute Gasteiger partial charge is 0.417 e. The van der Waals surface area contributed by atoms with E-state index in [0.717, 1.165) is 26.1 Å². The van der Waals surface area contributed by atoms with Gasteiger partial charge in [-0.1, -0.05) is 50.3 Å². The van der Waals surface area contributed by atoms with Gasteiger partial charge in [-0.05, 0) is 43.9 Å². The smallest absolute Gasteiger partial charge is 0.204 e. The number of hydrogen-bond donors (Lipinski definition) is 0. The molecule has 0 amide bonds. The second-order valence-electron chi connectivity index (χ2n) is 5.41. The molecule has 1 aromatic rings. The molecule has 0 saturated carbocycles. The van der Waals surface area contributed by atoms with Gasteiger partial charge in [0.15, 0.2) is 0 Å². The predicted octanol–water partition coefficient (Wildman–Crippen LogP) is 4.38. The number of rotatable bonds is 11. The molecule has 0 heterocycles. The van der Waals surface area contributed by atoms with E-state index in [0.29, 0.717) is 5.73 Å². The quantitative estimate of drug-likeness (QED) is 0.446. The van der Waals surface area contributed by atoms with Crippen molar-refractivity contribution in [2.24, 2.45) is 0 Å². The van der Waals surface area contributed by atoms with Gasteiger partial charge in [0.1, 0.15) is 0 Å². The Kier molecular flexibility index (Phi) is 9.31. The van der Waals surface area contributed by atoms with Gasteiger partial charge in [-0.15, -0.1) is 0 Å². The van der Waals surface area contributed by atoms with Crippen LogP contribution in [0.5, 0.6) is 0 Å². The Hall–Kier alpha value is -0.903. The number of benzene rings is 1. The van der Waals surface area contributed by atoms with Crippen molar-refractivity contribution >= 4 is 15.1 Å². The van der Waals surface area contributed by atoms with Crippen LogP contribution in [0.4, 0.5) is 0 Å². The standard InChI is InChI=1S/C18H30O2Si/c1-5-14-21(16(4)19-7-3)20-13-9-12-18-11-8-10-17(6-2)15-18/h6,8,10-11,15-16,21H,2,5,7,9,12-14H2,1,3-4H3. The highest BCUT2D eigenvalue weighted by Gasteiger charge is 2.19. The summed E-state index contributed by atoms with van der Waals surface area (Å²) < 4.78 is 11.9. The second kappa shape index (κ2) is 10.8. The topological polar surface area (TPSA) is 18.5 Å². The van der Waals surface area contributed by atoms with Crippen LogP contribution in [0.1, 0.15) is 44.7 Å². The first-order valence-electron chi connectivity index (χ1n) is 8.15. The number of aryl methyl sites for hydroxylation is 1. The molecule has 0 bridgehead atoms. The van der Waals surface area contributed by atoms with E-state index in [-0.39, 0.29) is 0 Å². The van der Waals surface area contributed by atoms with E-state index in [1.807, 2.05) is 6.08 Å². The van der Waals surface area contributed by atoms with Crippen LogP contribution in [-0.4, -0.2) is 28.0 Å². The van der Waals surface area contributed by atoms with Crippen LogP contribution >= 0.6 is 0 Å². The van der Waals surface area contributed by atoms with Crippen molar-refractivity contribution in [1.29, 1.82) is 0 Å². The van der Waals surface area contributed by atoms with Crippen molar-refractivity contribution in [3.8, 4) is 0 Å². The lowest BCUT2D eigenvalue weighted by Crippen LogP contribution is -2.34. The third-order valence-corrected chi connectivity index (χ3v) is 6.70. The van der Waals surface area contributed by atoms with E-state index in [1.54, 1.807) is 0 Å². The molecule has 0 aliphatic carbocycles. The van der Waals surface area contributed by atoms with Crippen molar-refractivity contribution < 1.29 is 9.16 Å².